The van der Waals surface area contributed by atoms with Gasteiger partial charge in [-0.15, -0.1) is 0 Å². The van der Waals surface area contributed by atoms with Gasteiger partial charge in [-0.2, -0.15) is 0 Å². The van der Waals surface area contributed by atoms with E-state index >= 15 is 0 Å². The van der Waals surface area contributed by atoms with Crippen LogP contribution in [0.1, 0.15) is 69.0 Å². The lowest BCUT2D eigenvalue weighted by atomic mass is 9.82. The number of allylic oxidation sites excluding steroid dienone is 3. The van der Waals surface area contributed by atoms with Gasteiger partial charge in [-0.1, -0.05) is 55.8 Å². The summed E-state index contributed by atoms with van der Waals surface area (Å²) >= 11 is 0. The fourth-order valence-corrected chi connectivity index (χ4v) is 6.57. The maximum Gasteiger partial charge on any atom is 0.0575 e. The number of aryl methyl sites for hydroxylation is 1. The van der Waals surface area contributed by atoms with Crippen molar-refractivity contribution in [3.63, 3.8) is 0 Å². The van der Waals surface area contributed by atoms with E-state index in [1.165, 1.54) is 63.6 Å². The lowest BCUT2D eigenvalue weighted by molar-refractivity contribution is 0.112. The van der Waals surface area contributed by atoms with E-state index in [2.05, 4.69) is 66.1 Å². The summed E-state index contributed by atoms with van der Waals surface area (Å²) in [6.07, 6.45) is 16.7. The summed E-state index contributed by atoms with van der Waals surface area (Å²) in [6, 6.07) is 11.9. The standard InChI is InChI=1S/C26H36N2/c1-19-10-4-6-12-22(19)26(23-13-7-5-11-20(23)2)28-21-14-15-24(28)25(18-21)27-16-8-3-9-17-27/h4-7,10,12-13,20-21,24-26H,3,8-9,11,14-18H2,1-2H3. The van der Waals surface area contributed by atoms with E-state index in [1.807, 2.05) is 0 Å². The van der Waals surface area contributed by atoms with Crippen LogP contribution in [0.5, 0.6) is 0 Å². The summed E-state index contributed by atoms with van der Waals surface area (Å²) in [5, 5.41) is 0. The van der Waals surface area contributed by atoms with Gasteiger partial charge in [0.25, 0.3) is 0 Å². The van der Waals surface area contributed by atoms with Crippen molar-refractivity contribution in [1.29, 1.82) is 0 Å². The van der Waals surface area contributed by atoms with Gasteiger partial charge in [0, 0.05) is 18.1 Å². The minimum atomic E-state index is 0.466. The fraction of sp³-hybridized carbons (Fsp3) is 0.615. The molecule has 0 spiro atoms. The molecule has 5 rings (SSSR count). The van der Waals surface area contributed by atoms with Crippen LogP contribution >= 0.6 is 0 Å². The van der Waals surface area contributed by atoms with Crippen molar-refractivity contribution in [2.45, 2.75) is 83.0 Å². The Morgan fingerprint density at radius 2 is 1.82 bits per heavy atom. The van der Waals surface area contributed by atoms with E-state index in [0.717, 1.165) is 18.1 Å². The smallest absolute Gasteiger partial charge is 0.0575 e. The fourth-order valence-electron chi connectivity index (χ4n) is 6.57. The van der Waals surface area contributed by atoms with Crippen molar-refractivity contribution in [3.05, 3.63) is 59.2 Å². The third-order valence-corrected chi connectivity index (χ3v) is 8.00. The molecule has 3 aliphatic heterocycles. The molecule has 3 heterocycles. The minimum Gasteiger partial charge on any atom is -0.299 e. The Morgan fingerprint density at radius 3 is 2.61 bits per heavy atom. The van der Waals surface area contributed by atoms with E-state index in [9.17, 15) is 0 Å². The van der Waals surface area contributed by atoms with Crippen molar-refractivity contribution in [2.75, 3.05) is 13.1 Å². The zero-order chi connectivity index (χ0) is 19.1. The second-order valence-electron chi connectivity index (χ2n) is 9.64. The summed E-state index contributed by atoms with van der Waals surface area (Å²) in [7, 11) is 0. The van der Waals surface area contributed by atoms with Crippen LogP contribution in [0.3, 0.4) is 0 Å². The van der Waals surface area contributed by atoms with Crippen LogP contribution in [0.4, 0.5) is 0 Å². The van der Waals surface area contributed by atoms with E-state index in [0.29, 0.717) is 12.0 Å². The monoisotopic (exact) mass is 376 g/mol. The lowest BCUT2D eigenvalue weighted by Crippen LogP contribution is -2.47. The molecule has 1 aromatic carbocycles. The molecule has 0 N–H and O–H groups in total. The highest BCUT2D eigenvalue weighted by atomic mass is 15.3. The van der Waals surface area contributed by atoms with Gasteiger partial charge in [-0.3, -0.25) is 9.80 Å². The molecule has 150 valence electrons. The van der Waals surface area contributed by atoms with Gasteiger partial charge in [-0.05, 0) is 81.2 Å². The van der Waals surface area contributed by atoms with Crippen molar-refractivity contribution in [3.8, 4) is 0 Å². The van der Waals surface area contributed by atoms with Gasteiger partial charge >= 0.3 is 0 Å². The quantitative estimate of drug-likeness (QED) is 0.670. The number of hydrogen-bond donors (Lipinski definition) is 0. The van der Waals surface area contributed by atoms with Crippen LogP contribution in [-0.2, 0) is 0 Å². The molecule has 5 unspecified atom stereocenters. The van der Waals surface area contributed by atoms with Crippen molar-refractivity contribution >= 4 is 0 Å². The molecule has 28 heavy (non-hydrogen) atoms. The lowest BCUT2D eigenvalue weighted by Gasteiger charge is -2.40. The normalized spacial score (nSPS) is 34.6. The number of hydrogen-bond acceptors (Lipinski definition) is 2. The SMILES string of the molecule is Cc1ccccc1C(C1=CC=CCC1C)N1C2CCC1C(N1CCCCC1)C2. The van der Waals surface area contributed by atoms with E-state index < -0.39 is 0 Å². The Labute approximate surface area is 171 Å². The molecule has 3 fully saturated rings. The van der Waals surface area contributed by atoms with Gasteiger partial charge in [-0.25, -0.2) is 0 Å². The van der Waals surface area contributed by atoms with Crippen LogP contribution in [0.15, 0.2) is 48.1 Å². The highest BCUT2D eigenvalue weighted by Crippen LogP contribution is 2.50. The van der Waals surface area contributed by atoms with Crippen LogP contribution in [0, 0.1) is 12.8 Å². The third kappa shape index (κ3) is 3.19. The molecule has 2 bridgehead atoms. The van der Waals surface area contributed by atoms with E-state index in [4.69, 9.17) is 0 Å². The first-order valence-electron chi connectivity index (χ1n) is 11.7. The number of likely N-dealkylation sites (tertiary alicyclic amines) is 1. The Kier molecular flexibility index (Phi) is 5.19. The first-order chi connectivity index (χ1) is 13.7. The van der Waals surface area contributed by atoms with Crippen LogP contribution in [0.2, 0.25) is 0 Å². The van der Waals surface area contributed by atoms with Gasteiger partial charge in [0.2, 0.25) is 0 Å². The molecule has 5 atom stereocenters. The number of rotatable bonds is 4. The van der Waals surface area contributed by atoms with Gasteiger partial charge in [0.15, 0.2) is 0 Å². The predicted molar refractivity (Wildman–Crippen MR) is 117 cm³/mol. The molecule has 0 aromatic heterocycles. The third-order valence-electron chi connectivity index (χ3n) is 8.00. The number of benzene rings is 1. The van der Waals surface area contributed by atoms with E-state index in [-0.39, 0.29) is 0 Å². The topological polar surface area (TPSA) is 6.48 Å². The maximum absolute atomic E-state index is 2.98. The van der Waals surface area contributed by atoms with Crippen molar-refractivity contribution in [1.82, 2.24) is 9.80 Å². The Balaban J connectivity index is 1.52. The van der Waals surface area contributed by atoms with Gasteiger partial charge < -0.3 is 0 Å². The summed E-state index contributed by atoms with van der Waals surface area (Å²) in [5.41, 5.74) is 4.65. The number of fused-ring (bicyclic) bond motifs is 2. The second kappa shape index (κ2) is 7.80. The first kappa shape index (κ1) is 18.6. The summed E-state index contributed by atoms with van der Waals surface area (Å²) < 4.78 is 0. The molecule has 0 amide bonds. The second-order valence-corrected chi connectivity index (χ2v) is 9.64. The average Bonchev–Trinajstić information content (AvgIpc) is 3.30. The average molecular weight is 377 g/mol. The molecule has 0 radical (unpaired) electrons. The molecular weight excluding hydrogens is 340 g/mol. The summed E-state index contributed by atoms with van der Waals surface area (Å²) in [4.78, 5) is 5.83. The van der Waals surface area contributed by atoms with Crippen molar-refractivity contribution in [2.24, 2.45) is 5.92 Å². The summed E-state index contributed by atoms with van der Waals surface area (Å²) in [6.45, 7) is 7.41. The zero-order valence-electron chi connectivity index (χ0n) is 17.7. The maximum atomic E-state index is 2.98. The highest BCUT2D eigenvalue weighted by Gasteiger charge is 2.52. The van der Waals surface area contributed by atoms with Crippen molar-refractivity contribution < 1.29 is 0 Å². The van der Waals surface area contributed by atoms with Crippen LogP contribution in [-0.4, -0.2) is 41.0 Å². The molecular formula is C26H36N2. The van der Waals surface area contributed by atoms with Gasteiger partial charge in [0.1, 0.15) is 0 Å². The Bertz CT molecular complexity index is 757. The zero-order valence-corrected chi connectivity index (χ0v) is 17.7. The Hall–Kier alpha value is -1.38. The number of nitrogens with zero attached hydrogens (tertiary/aromatic N) is 2. The molecule has 3 saturated heterocycles. The Morgan fingerprint density at radius 1 is 1.00 bits per heavy atom. The molecule has 2 heteroatoms. The van der Waals surface area contributed by atoms with Crippen LogP contribution < -0.4 is 0 Å². The van der Waals surface area contributed by atoms with Crippen LogP contribution in [0.25, 0.3) is 0 Å². The van der Waals surface area contributed by atoms with E-state index in [1.54, 1.807) is 11.1 Å². The molecule has 1 aromatic rings. The molecule has 4 aliphatic rings. The number of piperidine rings is 1. The minimum absolute atomic E-state index is 0.466. The molecule has 0 saturated carbocycles. The largest absolute Gasteiger partial charge is 0.299 e. The molecule has 1 aliphatic carbocycles. The molecule has 2 nitrogen and oxygen atoms in total. The highest BCUT2D eigenvalue weighted by molar-refractivity contribution is 5.39. The van der Waals surface area contributed by atoms with Gasteiger partial charge in [0.05, 0.1) is 6.04 Å². The predicted octanol–water partition coefficient (Wildman–Crippen LogP) is 5.65. The first-order valence-corrected chi connectivity index (χ1v) is 11.7. The summed E-state index contributed by atoms with van der Waals surface area (Å²) in [5.74, 6) is 0.642.